The van der Waals surface area contributed by atoms with Crippen LogP contribution in [0.3, 0.4) is 0 Å². The molecule has 0 aliphatic heterocycles. The van der Waals surface area contributed by atoms with E-state index in [-0.39, 0.29) is 17.9 Å². The largest absolute Gasteiger partial charge is 0.497 e. The monoisotopic (exact) mass is 409 g/mol. The van der Waals surface area contributed by atoms with Gasteiger partial charge in [-0.05, 0) is 30.2 Å². The van der Waals surface area contributed by atoms with Crippen molar-refractivity contribution in [1.29, 1.82) is 0 Å². The van der Waals surface area contributed by atoms with Crippen LogP contribution in [0.25, 0.3) is 0 Å². The van der Waals surface area contributed by atoms with Crippen molar-refractivity contribution in [1.82, 2.24) is 15.3 Å². The van der Waals surface area contributed by atoms with Gasteiger partial charge in [-0.2, -0.15) is 0 Å². The van der Waals surface area contributed by atoms with Crippen molar-refractivity contribution < 1.29 is 9.53 Å². The van der Waals surface area contributed by atoms with E-state index in [9.17, 15) is 9.59 Å². The second-order valence-corrected chi connectivity index (χ2v) is 7.47. The molecule has 3 rings (SSSR count). The Labute approximate surface area is 173 Å². The second-order valence-electron chi connectivity index (χ2n) is 6.51. The molecule has 7 heteroatoms. The predicted octanol–water partition coefficient (Wildman–Crippen LogP) is 3.24. The molecule has 3 aromatic rings. The molecule has 6 nitrogen and oxygen atoms in total. The number of ether oxygens (including phenoxy) is 1. The summed E-state index contributed by atoms with van der Waals surface area (Å²) < 4.78 is 5.12. The van der Waals surface area contributed by atoms with Crippen LogP contribution in [-0.2, 0) is 23.5 Å². The summed E-state index contributed by atoms with van der Waals surface area (Å²) in [4.78, 5) is 32.0. The van der Waals surface area contributed by atoms with E-state index in [1.54, 1.807) is 14.0 Å². The number of carbonyl (C=O) groups excluding carboxylic acids is 1. The van der Waals surface area contributed by atoms with E-state index < -0.39 is 0 Å². The highest BCUT2D eigenvalue weighted by molar-refractivity contribution is 7.98. The molecule has 0 aliphatic carbocycles. The number of benzene rings is 2. The molecule has 29 heavy (non-hydrogen) atoms. The van der Waals surface area contributed by atoms with Gasteiger partial charge in [-0.3, -0.25) is 9.59 Å². The van der Waals surface area contributed by atoms with Gasteiger partial charge in [-0.25, -0.2) is 4.98 Å². The van der Waals surface area contributed by atoms with Gasteiger partial charge in [0, 0.05) is 23.6 Å². The quantitative estimate of drug-likeness (QED) is 0.441. The molecule has 150 valence electrons. The van der Waals surface area contributed by atoms with Crippen LogP contribution >= 0.6 is 11.8 Å². The number of rotatable bonds is 8. The van der Waals surface area contributed by atoms with Gasteiger partial charge in [0.25, 0.3) is 5.56 Å². The average Bonchev–Trinajstić information content (AvgIpc) is 2.74. The molecule has 0 bridgehead atoms. The molecular formula is C22H23N3O3S. The zero-order chi connectivity index (χ0) is 20.6. The molecule has 1 aromatic heterocycles. The van der Waals surface area contributed by atoms with Crippen molar-refractivity contribution >= 4 is 17.7 Å². The number of aromatic amines is 1. The minimum Gasteiger partial charge on any atom is -0.497 e. The number of methoxy groups -OCH3 is 1. The van der Waals surface area contributed by atoms with E-state index in [2.05, 4.69) is 15.3 Å². The lowest BCUT2D eigenvalue weighted by Crippen LogP contribution is -2.28. The molecule has 0 aliphatic rings. The smallest absolute Gasteiger partial charge is 0.255 e. The first kappa shape index (κ1) is 20.7. The first-order chi connectivity index (χ1) is 14.0. The van der Waals surface area contributed by atoms with E-state index in [0.29, 0.717) is 28.7 Å². The van der Waals surface area contributed by atoms with E-state index in [1.165, 1.54) is 11.8 Å². The number of thioether (sulfide) groups is 1. The van der Waals surface area contributed by atoms with E-state index in [1.807, 2.05) is 54.6 Å². The number of H-pyrrole nitrogens is 1. The van der Waals surface area contributed by atoms with Crippen molar-refractivity contribution in [2.75, 3.05) is 7.11 Å². The van der Waals surface area contributed by atoms with Crippen molar-refractivity contribution in [3.05, 3.63) is 87.3 Å². The number of hydrogen-bond donors (Lipinski definition) is 2. The molecule has 0 radical (unpaired) electrons. The van der Waals surface area contributed by atoms with E-state index in [0.717, 1.165) is 16.9 Å². The van der Waals surface area contributed by atoms with Gasteiger partial charge in [0.2, 0.25) is 5.91 Å². The Kier molecular flexibility index (Phi) is 7.08. The molecule has 2 N–H and O–H groups in total. The molecule has 0 saturated heterocycles. The number of nitrogens with one attached hydrogen (secondary N) is 2. The summed E-state index contributed by atoms with van der Waals surface area (Å²) in [5, 5.41) is 3.39. The fourth-order valence-corrected chi connectivity index (χ4v) is 3.62. The van der Waals surface area contributed by atoms with Crippen LogP contribution in [0, 0.1) is 6.92 Å². The third-order valence-corrected chi connectivity index (χ3v) is 5.35. The molecule has 0 fully saturated rings. The zero-order valence-electron chi connectivity index (χ0n) is 16.4. The highest BCUT2D eigenvalue weighted by atomic mass is 32.2. The lowest BCUT2D eigenvalue weighted by atomic mass is 10.1. The minimum atomic E-state index is -0.271. The molecule has 2 aromatic carbocycles. The Balaban J connectivity index is 1.58. The third kappa shape index (κ3) is 5.96. The summed E-state index contributed by atoms with van der Waals surface area (Å²) in [7, 11) is 1.61. The van der Waals surface area contributed by atoms with Crippen molar-refractivity contribution in [2.45, 2.75) is 30.8 Å². The summed E-state index contributed by atoms with van der Waals surface area (Å²) in [6.07, 6.45) is -0.00600. The minimum absolute atomic E-state index is 0.00600. The Hall–Kier alpha value is -3.06. The summed E-state index contributed by atoms with van der Waals surface area (Å²) in [6, 6.07) is 17.4. The van der Waals surface area contributed by atoms with Crippen LogP contribution in [0.15, 0.2) is 64.5 Å². The summed E-state index contributed by atoms with van der Waals surface area (Å²) in [5.41, 5.74) is 2.80. The van der Waals surface area contributed by atoms with Gasteiger partial charge in [0.05, 0.1) is 13.5 Å². The lowest BCUT2D eigenvalue weighted by Gasteiger charge is -2.09. The molecule has 0 unspecified atom stereocenters. The van der Waals surface area contributed by atoms with Crippen molar-refractivity contribution in [2.24, 2.45) is 0 Å². The Bertz CT molecular complexity index is 1020. The Morgan fingerprint density at radius 1 is 1.10 bits per heavy atom. The number of hydrogen-bond acceptors (Lipinski definition) is 5. The molecule has 0 spiro atoms. The van der Waals surface area contributed by atoms with Crippen LogP contribution in [-0.4, -0.2) is 23.0 Å². The summed E-state index contributed by atoms with van der Waals surface area (Å²) >= 11 is 1.46. The standard InChI is InChI=1S/C22H23N3O3S/c1-15-19(12-20(26)23-13-16-8-10-18(28-2)11-9-16)21(27)25-22(24-15)29-14-17-6-4-3-5-7-17/h3-11H,12-14H2,1-2H3,(H,23,26)(H,24,25,27). The molecule has 0 saturated carbocycles. The molecule has 0 atom stereocenters. The second kappa shape index (κ2) is 9.93. The Morgan fingerprint density at radius 3 is 2.48 bits per heavy atom. The van der Waals surface area contributed by atoms with Crippen LogP contribution in [0.5, 0.6) is 5.75 Å². The van der Waals surface area contributed by atoms with Crippen molar-refractivity contribution in [3.63, 3.8) is 0 Å². The fourth-order valence-electron chi connectivity index (χ4n) is 2.75. The highest BCUT2D eigenvalue weighted by Crippen LogP contribution is 2.18. The van der Waals surface area contributed by atoms with E-state index >= 15 is 0 Å². The van der Waals surface area contributed by atoms with Crippen LogP contribution in [0.4, 0.5) is 0 Å². The maximum Gasteiger partial charge on any atom is 0.255 e. The average molecular weight is 410 g/mol. The number of nitrogens with zero attached hydrogens (tertiary/aromatic N) is 1. The number of aromatic nitrogens is 2. The van der Waals surface area contributed by atoms with Gasteiger partial charge in [-0.1, -0.05) is 54.2 Å². The van der Waals surface area contributed by atoms with Crippen LogP contribution < -0.4 is 15.6 Å². The van der Waals surface area contributed by atoms with Gasteiger partial charge >= 0.3 is 0 Å². The third-order valence-electron chi connectivity index (χ3n) is 4.40. The number of amides is 1. The van der Waals surface area contributed by atoms with E-state index in [4.69, 9.17) is 4.74 Å². The topological polar surface area (TPSA) is 84.1 Å². The van der Waals surface area contributed by atoms with Gasteiger partial charge < -0.3 is 15.0 Å². The highest BCUT2D eigenvalue weighted by Gasteiger charge is 2.13. The van der Waals surface area contributed by atoms with Crippen LogP contribution in [0.1, 0.15) is 22.4 Å². The maximum atomic E-state index is 12.4. The maximum absolute atomic E-state index is 12.4. The molecule has 1 amide bonds. The fraction of sp³-hybridized carbons (Fsp3) is 0.227. The van der Waals surface area contributed by atoms with Gasteiger partial charge in [0.1, 0.15) is 5.75 Å². The summed E-state index contributed by atoms with van der Waals surface area (Å²) in [6.45, 7) is 2.14. The first-order valence-electron chi connectivity index (χ1n) is 9.21. The van der Waals surface area contributed by atoms with Gasteiger partial charge in [-0.15, -0.1) is 0 Å². The molecule has 1 heterocycles. The lowest BCUT2D eigenvalue weighted by molar-refractivity contribution is -0.120. The zero-order valence-corrected chi connectivity index (χ0v) is 17.2. The number of carbonyl (C=O) groups is 1. The van der Waals surface area contributed by atoms with Crippen LogP contribution in [0.2, 0.25) is 0 Å². The SMILES string of the molecule is COc1ccc(CNC(=O)Cc2c(C)nc(SCc3ccccc3)[nH]c2=O)cc1. The normalized spacial score (nSPS) is 10.6. The van der Waals surface area contributed by atoms with Crippen molar-refractivity contribution in [3.8, 4) is 5.75 Å². The Morgan fingerprint density at radius 2 is 1.83 bits per heavy atom. The molecular weight excluding hydrogens is 386 g/mol. The number of aryl methyl sites for hydroxylation is 1. The van der Waals surface area contributed by atoms with Gasteiger partial charge in [0.15, 0.2) is 5.16 Å². The summed E-state index contributed by atoms with van der Waals surface area (Å²) in [5.74, 6) is 1.25. The predicted molar refractivity (Wildman–Crippen MR) is 114 cm³/mol. The first-order valence-corrected chi connectivity index (χ1v) is 10.2.